The van der Waals surface area contributed by atoms with Gasteiger partial charge in [0.15, 0.2) is 0 Å². The van der Waals surface area contributed by atoms with Crippen molar-refractivity contribution in [1.82, 2.24) is 15.1 Å². The Morgan fingerprint density at radius 2 is 1.80 bits per heavy atom. The summed E-state index contributed by atoms with van der Waals surface area (Å²) in [6, 6.07) is 11.0. The molecule has 0 radical (unpaired) electrons. The number of morpholine rings is 1. The van der Waals surface area contributed by atoms with Crippen LogP contribution in [0.25, 0.3) is 10.9 Å². The molecule has 2 N–H and O–H groups in total. The Hall–Kier alpha value is -3.46. The van der Waals surface area contributed by atoms with Crippen LogP contribution in [0.5, 0.6) is 0 Å². The van der Waals surface area contributed by atoms with Crippen molar-refractivity contribution in [3.63, 3.8) is 0 Å². The second-order valence-electron chi connectivity index (χ2n) is 10.3. The van der Waals surface area contributed by atoms with Crippen molar-refractivity contribution >= 4 is 28.5 Å². The number of amides is 1. The second kappa shape index (κ2) is 8.05. The number of nitrogens with one attached hydrogen (secondary N) is 1. The molecular formula is C26H27FN4O4. The number of hydrogen-bond donors (Lipinski definition) is 2. The van der Waals surface area contributed by atoms with Crippen LogP contribution < -0.4 is 10.2 Å². The average Bonchev–Trinajstić information content (AvgIpc) is 3.22. The van der Waals surface area contributed by atoms with E-state index in [4.69, 9.17) is 9.84 Å². The lowest BCUT2D eigenvalue weighted by Crippen LogP contribution is -2.75. The number of fused-ring (bicyclic) bond motifs is 1. The average molecular weight is 479 g/mol. The lowest BCUT2D eigenvalue weighted by atomic mass is 9.38. The first kappa shape index (κ1) is 22.0. The maximum atomic E-state index is 14.6. The minimum atomic E-state index is -0.799. The highest BCUT2D eigenvalue weighted by Crippen LogP contribution is 2.69. The molecule has 0 spiro atoms. The van der Waals surface area contributed by atoms with Crippen molar-refractivity contribution < 1.29 is 23.8 Å². The zero-order valence-electron chi connectivity index (χ0n) is 19.3. The van der Waals surface area contributed by atoms with Crippen molar-refractivity contribution in [2.45, 2.75) is 37.8 Å². The number of ether oxygens (including phenoxy) is 1. The summed E-state index contributed by atoms with van der Waals surface area (Å²) in [4.78, 5) is 26.6. The number of aliphatic carboxylic acids is 1. The molecule has 3 aliphatic carbocycles. The quantitative estimate of drug-likeness (QED) is 0.542. The fourth-order valence-corrected chi connectivity index (χ4v) is 6.23. The van der Waals surface area contributed by atoms with E-state index in [0.717, 1.165) is 37.6 Å². The summed E-state index contributed by atoms with van der Waals surface area (Å²) in [7, 11) is 0. The van der Waals surface area contributed by atoms with E-state index in [1.807, 2.05) is 12.1 Å². The Morgan fingerprint density at radius 3 is 2.49 bits per heavy atom. The van der Waals surface area contributed by atoms with Crippen LogP contribution in [0.4, 0.5) is 10.1 Å². The molecule has 1 aliphatic heterocycles. The molecule has 2 aromatic carbocycles. The van der Waals surface area contributed by atoms with Gasteiger partial charge in [-0.15, -0.1) is 0 Å². The minimum Gasteiger partial charge on any atom is -0.481 e. The smallest absolute Gasteiger partial charge is 0.303 e. The zero-order valence-corrected chi connectivity index (χ0v) is 19.3. The summed E-state index contributed by atoms with van der Waals surface area (Å²) in [6.07, 6.45) is 3.64. The van der Waals surface area contributed by atoms with E-state index in [-0.39, 0.29) is 23.3 Å². The molecule has 7 rings (SSSR count). The maximum absolute atomic E-state index is 14.6. The number of carboxylic acid groups (broad SMARTS) is 1. The predicted octanol–water partition coefficient (Wildman–Crippen LogP) is 3.19. The molecule has 1 saturated heterocycles. The SMILES string of the molecule is O=C(O)CC12CC(NC(=O)c3ccc(F)c4cnn(Cc5ccc(N6CCOCC6)cc5)c34)(C1)C2. The van der Waals surface area contributed by atoms with E-state index in [1.54, 1.807) is 4.68 Å². The minimum absolute atomic E-state index is 0.141. The molecule has 4 aliphatic rings. The number of anilines is 1. The summed E-state index contributed by atoms with van der Waals surface area (Å²) in [5, 5.41) is 16.9. The van der Waals surface area contributed by atoms with Gasteiger partial charge in [0, 0.05) is 24.3 Å². The van der Waals surface area contributed by atoms with Gasteiger partial charge in [-0.25, -0.2) is 4.39 Å². The number of aromatic nitrogens is 2. The summed E-state index contributed by atoms with van der Waals surface area (Å²) < 4.78 is 21.7. The third-order valence-electron chi connectivity index (χ3n) is 7.68. The molecule has 1 aromatic heterocycles. The van der Waals surface area contributed by atoms with Crippen LogP contribution in [-0.2, 0) is 16.1 Å². The van der Waals surface area contributed by atoms with E-state index in [2.05, 4.69) is 27.4 Å². The molecule has 182 valence electrons. The highest BCUT2D eigenvalue weighted by atomic mass is 19.1. The number of carboxylic acids is 1. The lowest BCUT2D eigenvalue weighted by Gasteiger charge is -2.70. The van der Waals surface area contributed by atoms with Gasteiger partial charge in [-0.3, -0.25) is 14.3 Å². The molecule has 35 heavy (non-hydrogen) atoms. The summed E-state index contributed by atoms with van der Waals surface area (Å²) in [5.74, 6) is -1.49. The fourth-order valence-electron chi connectivity index (χ4n) is 6.23. The van der Waals surface area contributed by atoms with Gasteiger partial charge in [0.2, 0.25) is 0 Å². The van der Waals surface area contributed by atoms with Gasteiger partial charge >= 0.3 is 5.97 Å². The molecule has 4 fully saturated rings. The lowest BCUT2D eigenvalue weighted by molar-refractivity contribution is -0.172. The van der Waals surface area contributed by atoms with Crippen LogP contribution in [0.2, 0.25) is 0 Å². The molecule has 1 amide bonds. The van der Waals surface area contributed by atoms with Crippen LogP contribution in [-0.4, -0.2) is 58.6 Å². The second-order valence-corrected chi connectivity index (χ2v) is 10.3. The van der Waals surface area contributed by atoms with E-state index in [0.29, 0.717) is 42.3 Å². The Labute approximate surface area is 201 Å². The van der Waals surface area contributed by atoms with Crippen molar-refractivity contribution in [2.24, 2.45) is 5.41 Å². The third kappa shape index (κ3) is 3.83. The van der Waals surface area contributed by atoms with Crippen LogP contribution in [0, 0.1) is 11.2 Å². The molecule has 0 atom stereocenters. The Morgan fingerprint density at radius 1 is 1.09 bits per heavy atom. The predicted molar refractivity (Wildman–Crippen MR) is 127 cm³/mol. The Kier molecular flexibility index (Phi) is 5.07. The molecule has 2 bridgehead atoms. The van der Waals surface area contributed by atoms with Gasteiger partial charge in [0.1, 0.15) is 5.82 Å². The molecule has 0 unspecified atom stereocenters. The van der Waals surface area contributed by atoms with Gasteiger partial charge in [0.25, 0.3) is 5.91 Å². The highest BCUT2D eigenvalue weighted by molar-refractivity contribution is 6.06. The molecular weight excluding hydrogens is 451 g/mol. The van der Waals surface area contributed by atoms with Gasteiger partial charge < -0.3 is 20.1 Å². The van der Waals surface area contributed by atoms with Crippen molar-refractivity contribution in [3.05, 3.63) is 59.5 Å². The monoisotopic (exact) mass is 478 g/mol. The van der Waals surface area contributed by atoms with Crippen molar-refractivity contribution in [2.75, 3.05) is 31.2 Å². The van der Waals surface area contributed by atoms with Gasteiger partial charge in [-0.05, 0) is 54.5 Å². The standard InChI is InChI=1S/C26H27FN4O4/c27-21-6-5-19(24(34)29-26-14-25(15-26,16-26)11-22(32)33)23-20(21)12-28-31(23)13-17-1-3-18(4-2-17)30-7-9-35-10-8-30/h1-6,12H,7-11,13-16H2,(H,29,34)(H,32,33). The maximum Gasteiger partial charge on any atom is 0.303 e. The topological polar surface area (TPSA) is 96.7 Å². The first-order valence-corrected chi connectivity index (χ1v) is 12.0. The number of carbonyl (C=O) groups is 2. The number of hydrogen-bond acceptors (Lipinski definition) is 5. The number of rotatable bonds is 7. The number of halogens is 1. The zero-order chi connectivity index (χ0) is 24.2. The van der Waals surface area contributed by atoms with Crippen LogP contribution in [0.15, 0.2) is 42.6 Å². The third-order valence-corrected chi connectivity index (χ3v) is 7.68. The highest BCUT2D eigenvalue weighted by Gasteiger charge is 2.68. The number of nitrogens with zero attached hydrogens (tertiary/aromatic N) is 3. The van der Waals surface area contributed by atoms with Crippen LogP contribution in [0.3, 0.4) is 0 Å². The van der Waals surface area contributed by atoms with Gasteiger partial charge in [-0.2, -0.15) is 5.10 Å². The van der Waals surface area contributed by atoms with E-state index < -0.39 is 11.8 Å². The van der Waals surface area contributed by atoms with Gasteiger partial charge in [-0.1, -0.05) is 12.1 Å². The molecule has 3 aromatic rings. The largest absolute Gasteiger partial charge is 0.481 e. The van der Waals surface area contributed by atoms with E-state index in [1.165, 1.54) is 18.3 Å². The van der Waals surface area contributed by atoms with E-state index in [9.17, 15) is 14.0 Å². The van der Waals surface area contributed by atoms with E-state index >= 15 is 0 Å². The van der Waals surface area contributed by atoms with Crippen molar-refractivity contribution in [3.8, 4) is 0 Å². The Balaban J connectivity index is 1.22. The molecule has 9 heteroatoms. The normalized spacial score (nSPS) is 25.1. The molecule has 3 saturated carbocycles. The summed E-state index contributed by atoms with van der Waals surface area (Å²) >= 11 is 0. The summed E-state index contributed by atoms with van der Waals surface area (Å²) in [6.45, 7) is 3.57. The molecule has 2 heterocycles. The number of carbonyl (C=O) groups excluding carboxylic acids is 1. The Bertz CT molecular complexity index is 1290. The summed E-state index contributed by atoms with van der Waals surface area (Å²) in [5.41, 5.74) is 2.46. The first-order valence-electron chi connectivity index (χ1n) is 12.0. The van der Waals surface area contributed by atoms with Crippen molar-refractivity contribution in [1.29, 1.82) is 0 Å². The van der Waals surface area contributed by atoms with Crippen LogP contribution >= 0.6 is 0 Å². The molecule has 8 nitrogen and oxygen atoms in total. The van der Waals surface area contributed by atoms with Gasteiger partial charge in [0.05, 0.1) is 48.8 Å². The van der Waals surface area contributed by atoms with Crippen LogP contribution in [0.1, 0.15) is 41.6 Å². The first-order chi connectivity index (χ1) is 16.9. The number of benzene rings is 2. The fraction of sp³-hybridized carbons (Fsp3) is 0.423.